The minimum atomic E-state index is -0.825. The Labute approximate surface area is 98.8 Å². The minimum absolute atomic E-state index is 0.158. The molecule has 0 unspecified atom stereocenters. The Morgan fingerprint density at radius 1 is 1.00 bits per heavy atom. The number of hydrogen-bond donors (Lipinski definition) is 1. The topological polar surface area (TPSA) is 24.4 Å². The van der Waals surface area contributed by atoms with Crippen LogP contribution in [0.15, 0.2) is 3.34 Å². The van der Waals surface area contributed by atoms with Crippen LogP contribution in [0.5, 0.6) is 0 Å². The van der Waals surface area contributed by atoms with Gasteiger partial charge >= 0.3 is 98.8 Å². The summed E-state index contributed by atoms with van der Waals surface area (Å²) >= 11 is -0.825. The van der Waals surface area contributed by atoms with E-state index < -0.39 is 19.8 Å². The number of rotatable bonds is 5. The predicted octanol–water partition coefficient (Wildman–Crippen LogP) is 3.52. The summed E-state index contributed by atoms with van der Waals surface area (Å²) in [5, 5.41) is 0. The summed E-state index contributed by atoms with van der Waals surface area (Å²) in [6.07, 6.45) is 3.68. The third kappa shape index (κ3) is 5.40. The number of nitrogens with one attached hydrogen (secondary N) is 1. The van der Waals surface area contributed by atoms with Gasteiger partial charge in [-0.2, -0.15) is 0 Å². The molecule has 0 bridgehead atoms. The van der Waals surface area contributed by atoms with Gasteiger partial charge in [-0.3, -0.25) is 0 Å². The van der Waals surface area contributed by atoms with Crippen LogP contribution in [0.4, 0.5) is 0 Å². The Kier molecular flexibility index (Phi) is 6.38. The van der Waals surface area contributed by atoms with Crippen molar-refractivity contribution in [3.05, 3.63) is 0 Å². The van der Waals surface area contributed by atoms with E-state index in [1.807, 2.05) is 0 Å². The summed E-state index contributed by atoms with van der Waals surface area (Å²) in [5.74, 6) is 0. The molecule has 0 aliphatic heterocycles. The second-order valence-corrected chi connectivity index (χ2v) is 7.06. The molecule has 0 amide bonds. The molecule has 0 fully saturated rings. The monoisotopic (exact) mass is 366 g/mol. The molecule has 0 radical (unpaired) electrons. The fraction of sp³-hybridized carbons (Fsp3) is 1.00. The first-order valence-electron chi connectivity index (χ1n) is 5.58. The summed E-state index contributed by atoms with van der Waals surface area (Å²) in [4.78, 5) is 0. The van der Waals surface area contributed by atoms with Gasteiger partial charge in [-0.15, -0.1) is 0 Å². The standard InChI is InChI=1S/C7H16N.C4H9N.Ta/c1-4-7(8,5-2)6-3;1-4(2,3)5;/h8H,4-6H2,1-3H3;1-3H3;/q-1;;+1. The van der Waals surface area contributed by atoms with E-state index in [1.165, 1.54) is 19.3 Å². The van der Waals surface area contributed by atoms with Gasteiger partial charge in [0.15, 0.2) is 0 Å². The molecule has 0 aromatic carbocycles. The Morgan fingerprint density at radius 3 is 1.71 bits per heavy atom. The van der Waals surface area contributed by atoms with E-state index in [9.17, 15) is 0 Å². The molecule has 0 aromatic rings. The van der Waals surface area contributed by atoms with E-state index in [4.69, 9.17) is 3.34 Å². The maximum absolute atomic E-state index is 4.75. The molecular formula is C11H25N2Ta. The van der Waals surface area contributed by atoms with Crippen molar-refractivity contribution in [1.29, 1.82) is 0 Å². The Bertz CT molecular complexity index is 170. The zero-order valence-electron chi connectivity index (χ0n) is 10.5. The van der Waals surface area contributed by atoms with Crippen molar-refractivity contribution in [2.75, 3.05) is 0 Å². The van der Waals surface area contributed by atoms with Crippen molar-refractivity contribution in [3.8, 4) is 0 Å². The summed E-state index contributed by atoms with van der Waals surface area (Å²) in [5.41, 5.74) is 0.538. The maximum atomic E-state index is 4.75. The van der Waals surface area contributed by atoms with Crippen LogP contribution in [0.25, 0.3) is 0 Å². The van der Waals surface area contributed by atoms with Gasteiger partial charge in [-0.1, -0.05) is 0 Å². The summed E-state index contributed by atoms with van der Waals surface area (Å²) < 4.78 is 8.51. The van der Waals surface area contributed by atoms with E-state index in [-0.39, 0.29) is 5.54 Å². The van der Waals surface area contributed by atoms with Gasteiger partial charge in [0.05, 0.1) is 0 Å². The van der Waals surface area contributed by atoms with Gasteiger partial charge < -0.3 is 0 Å². The van der Waals surface area contributed by atoms with Crippen LogP contribution in [0.3, 0.4) is 0 Å². The molecule has 0 spiro atoms. The normalized spacial score (nSPS) is 13.9. The quantitative estimate of drug-likeness (QED) is 0.791. The van der Waals surface area contributed by atoms with Gasteiger partial charge in [-0.25, -0.2) is 0 Å². The number of hydrogen-bond acceptors (Lipinski definition) is 1. The van der Waals surface area contributed by atoms with Gasteiger partial charge in [0, 0.05) is 0 Å². The van der Waals surface area contributed by atoms with Crippen molar-refractivity contribution in [2.24, 2.45) is 3.34 Å². The second kappa shape index (κ2) is 6.16. The van der Waals surface area contributed by atoms with E-state index in [2.05, 4.69) is 45.3 Å². The molecule has 0 saturated heterocycles. The van der Waals surface area contributed by atoms with Gasteiger partial charge in [0.25, 0.3) is 0 Å². The summed E-state index contributed by atoms with van der Waals surface area (Å²) in [7, 11) is 0. The molecule has 0 aromatic heterocycles. The van der Waals surface area contributed by atoms with Crippen LogP contribution < -0.4 is 3.72 Å². The molecule has 3 heteroatoms. The van der Waals surface area contributed by atoms with E-state index in [0.29, 0.717) is 5.54 Å². The molecule has 0 aliphatic rings. The number of nitrogens with zero attached hydrogens (tertiary/aromatic N) is 1. The predicted molar refractivity (Wildman–Crippen MR) is 58.9 cm³/mol. The van der Waals surface area contributed by atoms with Crippen LogP contribution in [-0.4, -0.2) is 11.1 Å². The fourth-order valence-corrected chi connectivity index (χ4v) is 4.99. The first kappa shape index (κ1) is 14.5. The molecule has 84 valence electrons. The molecule has 1 N–H and O–H groups in total. The molecule has 2 nitrogen and oxygen atoms in total. The van der Waals surface area contributed by atoms with Crippen molar-refractivity contribution in [1.82, 2.24) is 3.72 Å². The van der Waals surface area contributed by atoms with Crippen LogP contribution >= 0.6 is 0 Å². The van der Waals surface area contributed by atoms with E-state index in [1.54, 1.807) is 0 Å². The first-order chi connectivity index (χ1) is 6.39. The van der Waals surface area contributed by atoms with Crippen molar-refractivity contribution in [2.45, 2.75) is 71.9 Å². The van der Waals surface area contributed by atoms with Crippen molar-refractivity contribution >= 4 is 0 Å². The van der Waals surface area contributed by atoms with Gasteiger partial charge in [-0.05, 0) is 0 Å². The van der Waals surface area contributed by atoms with Crippen molar-refractivity contribution < 1.29 is 19.8 Å². The Morgan fingerprint density at radius 2 is 1.43 bits per heavy atom. The van der Waals surface area contributed by atoms with Crippen LogP contribution in [0.2, 0.25) is 0 Å². The van der Waals surface area contributed by atoms with E-state index in [0.717, 1.165) is 0 Å². The first-order valence-corrected chi connectivity index (χ1v) is 8.62. The average molecular weight is 366 g/mol. The van der Waals surface area contributed by atoms with Gasteiger partial charge in [0.1, 0.15) is 0 Å². The molecular weight excluding hydrogens is 341 g/mol. The third-order valence-electron chi connectivity index (χ3n) is 2.67. The summed E-state index contributed by atoms with van der Waals surface area (Å²) in [6, 6.07) is 0. The zero-order valence-corrected chi connectivity index (χ0v) is 13.7. The van der Waals surface area contributed by atoms with Crippen molar-refractivity contribution in [3.63, 3.8) is 0 Å². The Balaban J connectivity index is 4.26. The average Bonchev–Trinajstić information content (AvgIpc) is 2.11. The van der Waals surface area contributed by atoms with E-state index >= 15 is 0 Å². The van der Waals surface area contributed by atoms with Crippen LogP contribution in [-0.2, 0) is 19.8 Å². The van der Waals surface area contributed by atoms with Crippen LogP contribution in [0, 0.1) is 0 Å². The molecule has 0 atom stereocenters. The molecule has 0 heterocycles. The molecule has 0 rings (SSSR count). The molecule has 14 heavy (non-hydrogen) atoms. The zero-order chi connectivity index (χ0) is 11.2. The fourth-order valence-electron chi connectivity index (χ4n) is 1.27. The van der Waals surface area contributed by atoms with Crippen LogP contribution in [0.1, 0.15) is 60.8 Å². The third-order valence-corrected chi connectivity index (χ3v) is 7.25. The molecule has 0 saturated carbocycles. The molecule has 0 aliphatic carbocycles. The SMILES string of the molecule is CCC(CC)(CC)[NH][Ta]=[N]C(C)(C)C. The second-order valence-electron chi connectivity index (χ2n) is 4.82. The summed E-state index contributed by atoms with van der Waals surface area (Å²) in [6.45, 7) is 13.4. The Hall–Kier alpha value is 0.500. The van der Waals surface area contributed by atoms with Gasteiger partial charge in [0.2, 0.25) is 0 Å².